The Labute approximate surface area is 87.9 Å². The van der Waals surface area contributed by atoms with Crippen LogP contribution in [0.15, 0.2) is 24.8 Å². The van der Waals surface area contributed by atoms with Gasteiger partial charge in [0.15, 0.2) is 5.65 Å². The Morgan fingerprint density at radius 1 is 1.53 bits per heavy atom. The maximum atomic E-state index is 5.72. The highest BCUT2D eigenvalue weighted by molar-refractivity contribution is 5.38. The molecule has 0 bridgehead atoms. The van der Waals surface area contributed by atoms with Gasteiger partial charge in [-0.05, 0) is 6.92 Å². The molecule has 5 nitrogen and oxygen atoms in total. The second-order valence-electron chi connectivity index (χ2n) is 3.59. The predicted molar refractivity (Wildman–Crippen MR) is 56.4 cm³/mol. The van der Waals surface area contributed by atoms with Crippen LogP contribution in [0, 0.1) is 0 Å². The van der Waals surface area contributed by atoms with Crippen molar-refractivity contribution in [3.8, 4) is 0 Å². The molecule has 15 heavy (non-hydrogen) atoms. The van der Waals surface area contributed by atoms with Gasteiger partial charge in [-0.1, -0.05) is 0 Å². The van der Waals surface area contributed by atoms with Crippen LogP contribution < -0.4 is 5.73 Å². The van der Waals surface area contributed by atoms with Gasteiger partial charge in [-0.3, -0.25) is 9.38 Å². The van der Waals surface area contributed by atoms with Crippen LogP contribution in [0.2, 0.25) is 0 Å². The summed E-state index contributed by atoms with van der Waals surface area (Å²) in [5.74, 6) is 0. The SMILES string of the molecule is COC(C)(CN)c1cnc2cnccn12. The van der Waals surface area contributed by atoms with Crippen molar-refractivity contribution in [2.45, 2.75) is 12.5 Å². The zero-order chi connectivity index (χ0) is 10.9. The summed E-state index contributed by atoms with van der Waals surface area (Å²) in [5, 5.41) is 0. The molecule has 0 aliphatic heterocycles. The number of ether oxygens (including phenoxy) is 1. The van der Waals surface area contributed by atoms with Gasteiger partial charge < -0.3 is 10.5 Å². The molecule has 0 saturated carbocycles. The number of hydrogen-bond donors (Lipinski definition) is 1. The maximum absolute atomic E-state index is 5.72. The van der Waals surface area contributed by atoms with E-state index in [-0.39, 0.29) is 0 Å². The van der Waals surface area contributed by atoms with E-state index in [0.717, 1.165) is 11.3 Å². The molecular formula is C10H14N4O. The molecule has 0 aliphatic rings. The molecule has 2 rings (SSSR count). The zero-order valence-corrected chi connectivity index (χ0v) is 8.84. The number of aromatic nitrogens is 3. The Bertz CT molecular complexity index is 461. The highest BCUT2D eigenvalue weighted by Crippen LogP contribution is 2.23. The highest BCUT2D eigenvalue weighted by atomic mass is 16.5. The first-order valence-corrected chi connectivity index (χ1v) is 4.74. The van der Waals surface area contributed by atoms with E-state index in [2.05, 4.69) is 9.97 Å². The Kier molecular flexibility index (Phi) is 2.42. The average Bonchev–Trinajstić information content (AvgIpc) is 2.72. The minimum Gasteiger partial charge on any atom is -0.371 e. The van der Waals surface area contributed by atoms with E-state index < -0.39 is 5.60 Å². The lowest BCUT2D eigenvalue weighted by atomic mass is 10.0. The van der Waals surface area contributed by atoms with Crippen molar-refractivity contribution < 1.29 is 4.74 Å². The van der Waals surface area contributed by atoms with Gasteiger partial charge >= 0.3 is 0 Å². The van der Waals surface area contributed by atoms with Crippen LogP contribution in [-0.4, -0.2) is 28.0 Å². The molecule has 0 radical (unpaired) electrons. The van der Waals surface area contributed by atoms with Crippen molar-refractivity contribution in [2.75, 3.05) is 13.7 Å². The van der Waals surface area contributed by atoms with Gasteiger partial charge in [-0.25, -0.2) is 4.98 Å². The molecule has 0 saturated heterocycles. The van der Waals surface area contributed by atoms with Gasteiger partial charge in [-0.2, -0.15) is 0 Å². The molecule has 1 atom stereocenters. The van der Waals surface area contributed by atoms with E-state index in [0.29, 0.717) is 6.54 Å². The first kappa shape index (κ1) is 10.1. The first-order chi connectivity index (χ1) is 7.21. The van der Waals surface area contributed by atoms with Crippen LogP contribution in [0.4, 0.5) is 0 Å². The number of fused-ring (bicyclic) bond motifs is 1. The normalized spacial score (nSPS) is 15.4. The number of hydrogen-bond acceptors (Lipinski definition) is 4. The van der Waals surface area contributed by atoms with Crippen LogP contribution in [-0.2, 0) is 10.3 Å². The van der Waals surface area contributed by atoms with Crippen LogP contribution >= 0.6 is 0 Å². The van der Waals surface area contributed by atoms with Crippen molar-refractivity contribution >= 4 is 5.65 Å². The summed E-state index contributed by atoms with van der Waals surface area (Å²) in [7, 11) is 1.65. The van der Waals surface area contributed by atoms with Crippen LogP contribution in [0.25, 0.3) is 5.65 Å². The number of nitrogens with zero attached hydrogens (tertiary/aromatic N) is 3. The largest absolute Gasteiger partial charge is 0.371 e. The van der Waals surface area contributed by atoms with E-state index in [1.54, 1.807) is 25.7 Å². The van der Waals surface area contributed by atoms with Crippen LogP contribution in [0.1, 0.15) is 12.6 Å². The number of imidazole rings is 1. The molecule has 2 N–H and O–H groups in total. The molecule has 0 spiro atoms. The first-order valence-electron chi connectivity index (χ1n) is 4.74. The quantitative estimate of drug-likeness (QED) is 0.796. The molecule has 0 aliphatic carbocycles. The van der Waals surface area contributed by atoms with Crippen LogP contribution in [0.3, 0.4) is 0 Å². The standard InChI is InChI=1S/C10H14N4O/c1-10(7-11,15-2)8-5-13-9-6-12-3-4-14(8)9/h3-6H,7,11H2,1-2H3. The number of rotatable bonds is 3. The Morgan fingerprint density at radius 2 is 2.33 bits per heavy atom. The molecule has 2 heterocycles. The number of methoxy groups -OCH3 is 1. The molecule has 0 amide bonds. The van der Waals surface area contributed by atoms with Gasteiger partial charge in [-0.15, -0.1) is 0 Å². The van der Waals surface area contributed by atoms with Gasteiger partial charge in [0.1, 0.15) is 5.60 Å². The predicted octanol–water partition coefficient (Wildman–Crippen LogP) is 0.550. The van der Waals surface area contributed by atoms with Gasteiger partial charge in [0, 0.05) is 26.0 Å². The lowest BCUT2D eigenvalue weighted by Crippen LogP contribution is -2.34. The van der Waals surface area contributed by atoms with Crippen molar-refractivity contribution in [1.29, 1.82) is 0 Å². The second kappa shape index (κ2) is 3.60. The third-order valence-corrected chi connectivity index (χ3v) is 2.70. The molecule has 2 aromatic heterocycles. The Hall–Kier alpha value is -1.46. The fourth-order valence-corrected chi connectivity index (χ4v) is 1.53. The minimum absolute atomic E-state index is 0.402. The summed E-state index contributed by atoms with van der Waals surface area (Å²) in [6, 6.07) is 0. The molecule has 0 aromatic carbocycles. The second-order valence-corrected chi connectivity index (χ2v) is 3.59. The summed E-state index contributed by atoms with van der Waals surface area (Å²) in [5.41, 5.74) is 6.94. The smallest absolute Gasteiger partial charge is 0.155 e. The average molecular weight is 206 g/mol. The summed E-state index contributed by atoms with van der Waals surface area (Å²) in [6.45, 7) is 2.34. The monoisotopic (exact) mass is 206 g/mol. The van der Waals surface area contributed by atoms with Gasteiger partial charge in [0.25, 0.3) is 0 Å². The molecule has 0 fully saturated rings. The minimum atomic E-state index is -0.513. The van der Waals surface area contributed by atoms with Crippen molar-refractivity contribution in [1.82, 2.24) is 14.4 Å². The van der Waals surface area contributed by atoms with Crippen molar-refractivity contribution in [3.05, 3.63) is 30.5 Å². The lowest BCUT2D eigenvalue weighted by molar-refractivity contribution is 0.00572. The topological polar surface area (TPSA) is 65.4 Å². The molecular weight excluding hydrogens is 192 g/mol. The van der Waals surface area contributed by atoms with Crippen molar-refractivity contribution in [2.24, 2.45) is 5.73 Å². The maximum Gasteiger partial charge on any atom is 0.155 e. The molecule has 80 valence electrons. The van der Waals surface area contributed by atoms with Crippen LogP contribution in [0.5, 0.6) is 0 Å². The Morgan fingerprint density at radius 3 is 3.00 bits per heavy atom. The van der Waals surface area contributed by atoms with E-state index in [9.17, 15) is 0 Å². The summed E-state index contributed by atoms with van der Waals surface area (Å²) in [4.78, 5) is 8.25. The Balaban J connectivity index is 2.61. The summed E-state index contributed by atoms with van der Waals surface area (Å²) in [6.07, 6.45) is 7.04. The lowest BCUT2D eigenvalue weighted by Gasteiger charge is -2.25. The zero-order valence-electron chi connectivity index (χ0n) is 8.84. The molecule has 1 unspecified atom stereocenters. The van der Waals surface area contributed by atoms with Crippen molar-refractivity contribution in [3.63, 3.8) is 0 Å². The van der Waals surface area contributed by atoms with E-state index in [1.165, 1.54) is 0 Å². The third kappa shape index (κ3) is 1.49. The summed E-state index contributed by atoms with van der Waals surface area (Å²) >= 11 is 0. The van der Waals surface area contributed by atoms with E-state index in [4.69, 9.17) is 10.5 Å². The van der Waals surface area contributed by atoms with E-state index in [1.807, 2.05) is 17.5 Å². The third-order valence-electron chi connectivity index (χ3n) is 2.70. The fraction of sp³-hybridized carbons (Fsp3) is 0.400. The molecule has 2 aromatic rings. The van der Waals surface area contributed by atoms with Gasteiger partial charge in [0.2, 0.25) is 0 Å². The molecule has 5 heteroatoms. The summed E-state index contributed by atoms with van der Waals surface area (Å²) < 4.78 is 7.37. The fourth-order valence-electron chi connectivity index (χ4n) is 1.53. The highest BCUT2D eigenvalue weighted by Gasteiger charge is 2.27. The number of nitrogens with two attached hydrogens (primary N) is 1. The van der Waals surface area contributed by atoms with Gasteiger partial charge in [0.05, 0.1) is 18.1 Å². The van der Waals surface area contributed by atoms with E-state index >= 15 is 0 Å².